The molecule has 0 N–H and O–H groups in total. The van der Waals surface area contributed by atoms with Gasteiger partial charge in [-0.15, -0.1) is 0 Å². The summed E-state index contributed by atoms with van der Waals surface area (Å²) in [5, 5.41) is 5.99. The minimum absolute atomic E-state index is 0.00633. The number of benzene rings is 2. The normalized spacial score (nSPS) is 10.6. The summed E-state index contributed by atoms with van der Waals surface area (Å²) in [5.74, 6) is 0.422. The average molecular weight is 224 g/mol. The van der Waals surface area contributed by atoms with Gasteiger partial charge in [0, 0.05) is 5.56 Å². The van der Waals surface area contributed by atoms with E-state index in [4.69, 9.17) is 4.52 Å². The molecule has 0 saturated carbocycles. The number of fused-ring (bicyclic) bond motifs is 1. The molecule has 3 rings (SSSR count). The third-order valence-electron chi connectivity index (χ3n) is 2.55. The predicted octanol–water partition coefficient (Wildman–Crippen LogP) is 2.70. The van der Waals surface area contributed by atoms with Crippen LogP contribution in [-0.2, 0) is 0 Å². The first-order valence-electron chi connectivity index (χ1n) is 5.15. The molecule has 1 aromatic heterocycles. The van der Waals surface area contributed by atoms with Crippen molar-refractivity contribution in [1.82, 2.24) is 10.1 Å². The average Bonchev–Trinajstić information content (AvgIpc) is 2.87. The molecular formula is C13H8N2O2. The van der Waals surface area contributed by atoms with Gasteiger partial charge in [0.15, 0.2) is 0 Å². The fourth-order valence-electron chi connectivity index (χ4n) is 1.73. The van der Waals surface area contributed by atoms with Crippen LogP contribution in [0, 0.1) is 0 Å². The Morgan fingerprint density at radius 1 is 1.06 bits per heavy atom. The van der Waals surface area contributed by atoms with Crippen LogP contribution in [0.25, 0.3) is 22.2 Å². The highest BCUT2D eigenvalue weighted by molar-refractivity contribution is 5.86. The summed E-state index contributed by atoms with van der Waals surface area (Å²) in [6.07, 6.45) is 0.539. The molecule has 0 aliphatic rings. The number of rotatable bonds is 2. The molecule has 2 aromatic carbocycles. The Morgan fingerprint density at radius 2 is 1.88 bits per heavy atom. The van der Waals surface area contributed by atoms with Gasteiger partial charge in [0.1, 0.15) is 0 Å². The highest BCUT2D eigenvalue weighted by Gasteiger charge is 2.07. The molecule has 0 unspecified atom stereocenters. The number of aromatic nitrogens is 2. The van der Waals surface area contributed by atoms with Crippen molar-refractivity contribution in [2.45, 2.75) is 0 Å². The van der Waals surface area contributed by atoms with Crippen LogP contribution in [-0.4, -0.2) is 16.4 Å². The van der Waals surface area contributed by atoms with Gasteiger partial charge < -0.3 is 4.52 Å². The second-order valence-corrected chi connectivity index (χ2v) is 3.64. The van der Waals surface area contributed by atoms with Crippen LogP contribution in [0.1, 0.15) is 10.7 Å². The number of carbonyl (C=O) groups excluding carboxylic acids is 1. The van der Waals surface area contributed by atoms with Crippen LogP contribution < -0.4 is 0 Å². The van der Waals surface area contributed by atoms with Crippen LogP contribution in [0.15, 0.2) is 47.0 Å². The molecule has 0 amide bonds. The van der Waals surface area contributed by atoms with Gasteiger partial charge in [0.2, 0.25) is 12.1 Å². The number of aldehydes is 1. The molecule has 0 saturated heterocycles. The van der Waals surface area contributed by atoms with Gasteiger partial charge in [0.05, 0.1) is 0 Å². The topological polar surface area (TPSA) is 56.0 Å². The van der Waals surface area contributed by atoms with Gasteiger partial charge in [-0.05, 0) is 16.8 Å². The lowest BCUT2D eigenvalue weighted by atomic mass is 10.1. The van der Waals surface area contributed by atoms with Gasteiger partial charge in [-0.1, -0.05) is 41.6 Å². The van der Waals surface area contributed by atoms with Gasteiger partial charge in [-0.2, -0.15) is 4.98 Å². The number of nitrogens with zero attached hydrogens (tertiary/aromatic N) is 2. The van der Waals surface area contributed by atoms with Crippen LogP contribution in [0.2, 0.25) is 0 Å². The maximum Gasteiger partial charge on any atom is 0.291 e. The first-order valence-corrected chi connectivity index (χ1v) is 5.15. The molecule has 0 atom stereocenters. The molecule has 0 bridgehead atoms. The van der Waals surface area contributed by atoms with E-state index in [0.717, 1.165) is 16.3 Å². The SMILES string of the molecule is O=Cc1nc(-c2ccc3ccccc3c2)no1. The summed E-state index contributed by atoms with van der Waals surface area (Å²) in [6.45, 7) is 0. The van der Waals surface area contributed by atoms with Crippen LogP contribution in [0.5, 0.6) is 0 Å². The second-order valence-electron chi connectivity index (χ2n) is 3.64. The molecule has 0 radical (unpaired) electrons. The Balaban J connectivity index is 2.14. The molecule has 82 valence electrons. The molecule has 0 aliphatic carbocycles. The van der Waals surface area contributed by atoms with E-state index < -0.39 is 0 Å². The molecular weight excluding hydrogens is 216 g/mol. The van der Waals surface area contributed by atoms with Crippen molar-refractivity contribution in [1.29, 1.82) is 0 Å². The van der Waals surface area contributed by atoms with E-state index in [1.54, 1.807) is 0 Å². The largest absolute Gasteiger partial charge is 0.331 e. The molecule has 0 fully saturated rings. The van der Waals surface area contributed by atoms with E-state index in [0.29, 0.717) is 12.1 Å². The first-order chi connectivity index (χ1) is 8.36. The van der Waals surface area contributed by atoms with Crippen molar-refractivity contribution >= 4 is 17.1 Å². The maximum absolute atomic E-state index is 10.5. The third-order valence-corrected chi connectivity index (χ3v) is 2.55. The molecule has 17 heavy (non-hydrogen) atoms. The smallest absolute Gasteiger partial charge is 0.291 e. The quantitative estimate of drug-likeness (QED) is 0.628. The number of hydrogen-bond donors (Lipinski definition) is 0. The van der Waals surface area contributed by atoms with Gasteiger partial charge in [0.25, 0.3) is 5.89 Å². The summed E-state index contributed by atoms with van der Waals surface area (Å²) in [6, 6.07) is 13.9. The Hall–Kier alpha value is -2.49. The van der Waals surface area contributed by atoms with E-state index in [9.17, 15) is 4.79 Å². The molecule has 3 aromatic rings. The predicted molar refractivity (Wildman–Crippen MR) is 62.6 cm³/mol. The fourth-order valence-corrected chi connectivity index (χ4v) is 1.73. The molecule has 0 spiro atoms. The monoisotopic (exact) mass is 224 g/mol. The van der Waals surface area contributed by atoms with Crippen LogP contribution >= 0.6 is 0 Å². The molecule has 4 nitrogen and oxygen atoms in total. The van der Waals surface area contributed by atoms with Crippen molar-refractivity contribution in [3.05, 3.63) is 48.4 Å². The van der Waals surface area contributed by atoms with E-state index >= 15 is 0 Å². The van der Waals surface area contributed by atoms with E-state index in [-0.39, 0.29) is 5.89 Å². The van der Waals surface area contributed by atoms with E-state index in [2.05, 4.69) is 10.1 Å². The van der Waals surface area contributed by atoms with Crippen LogP contribution in [0.4, 0.5) is 0 Å². The fraction of sp³-hybridized carbons (Fsp3) is 0. The summed E-state index contributed by atoms with van der Waals surface area (Å²) in [5.41, 5.74) is 0.834. The first kappa shape index (κ1) is 9.72. The Morgan fingerprint density at radius 3 is 2.65 bits per heavy atom. The minimum Gasteiger partial charge on any atom is -0.331 e. The Labute approximate surface area is 96.9 Å². The van der Waals surface area contributed by atoms with Crippen LogP contribution in [0.3, 0.4) is 0 Å². The lowest BCUT2D eigenvalue weighted by Gasteiger charge is -1.98. The second kappa shape index (κ2) is 3.83. The van der Waals surface area contributed by atoms with E-state index in [1.165, 1.54) is 0 Å². The minimum atomic E-state index is -0.00633. The van der Waals surface area contributed by atoms with Crippen molar-refractivity contribution < 1.29 is 9.32 Å². The zero-order chi connectivity index (χ0) is 11.7. The molecule has 4 heteroatoms. The van der Waals surface area contributed by atoms with Gasteiger partial charge in [-0.25, -0.2) is 0 Å². The van der Waals surface area contributed by atoms with E-state index in [1.807, 2.05) is 42.5 Å². The summed E-state index contributed by atoms with van der Waals surface area (Å²) in [7, 11) is 0. The highest BCUT2D eigenvalue weighted by atomic mass is 16.5. The lowest BCUT2D eigenvalue weighted by molar-refractivity contribution is 0.108. The van der Waals surface area contributed by atoms with Gasteiger partial charge >= 0.3 is 0 Å². The number of hydrogen-bond acceptors (Lipinski definition) is 4. The lowest BCUT2D eigenvalue weighted by Crippen LogP contribution is -1.82. The number of carbonyl (C=O) groups is 1. The third kappa shape index (κ3) is 1.69. The van der Waals surface area contributed by atoms with Crippen molar-refractivity contribution in [2.24, 2.45) is 0 Å². The van der Waals surface area contributed by atoms with Gasteiger partial charge in [-0.3, -0.25) is 4.79 Å². The summed E-state index contributed by atoms with van der Waals surface area (Å²) >= 11 is 0. The van der Waals surface area contributed by atoms with Crippen molar-refractivity contribution in [2.75, 3.05) is 0 Å². The Kier molecular flexibility index (Phi) is 2.19. The van der Waals surface area contributed by atoms with Crippen molar-refractivity contribution in [3.63, 3.8) is 0 Å². The highest BCUT2D eigenvalue weighted by Crippen LogP contribution is 2.21. The zero-order valence-corrected chi connectivity index (χ0v) is 8.83. The zero-order valence-electron chi connectivity index (χ0n) is 8.83. The standard InChI is InChI=1S/C13H8N2O2/c16-8-12-14-13(15-17-12)11-6-5-9-3-1-2-4-10(9)7-11/h1-8H. The summed E-state index contributed by atoms with van der Waals surface area (Å²) in [4.78, 5) is 14.4. The maximum atomic E-state index is 10.5. The molecule has 0 aliphatic heterocycles. The molecule has 1 heterocycles. The Bertz CT molecular complexity index is 688. The summed E-state index contributed by atoms with van der Waals surface area (Å²) < 4.78 is 4.75. The van der Waals surface area contributed by atoms with Crippen molar-refractivity contribution in [3.8, 4) is 11.4 Å².